The maximum absolute atomic E-state index is 10.7. The van der Waals surface area contributed by atoms with Crippen LogP contribution in [0.25, 0.3) is 16.3 Å². The van der Waals surface area contributed by atoms with Crippen LogP contribution in [0, 0.1) is 0 Å². The molecule has 0 bridgehead atoms. The van der Waals surface area contributed by atoms with E-state index in [4.69, 9.17) is 4.74 Å². The van der Waals surface area contributed by atoms with Crippen LogP contribution in [-0.4, -0.2) is 16.3 Å². The van der Waals surface area contributed by atoms with Crippen molar-refractivity contribution in [3.05, 3.63) is 54.1 Å². The molecule has 0 radical (unpaired) electrons. The highest BCUT2D eigenvalue weighted by Gasteiger charge is 2.44. The lowest BCUT2D eigenvalue weighted by atomic mass is 9.80. The Kier molecular flexibility index (Phi) is 5.70. The first-order chi connectivity index (χ1) is 12.0. The van der Waals surface area contributed by atoms with Crippen LogP contribution in [0.1, 0.15) is 72.4 Å². The zero-order chi connectivity index (χ0) is 19.8. The average Bonchev–Trinajstić information content (AvgIpc) is 2.57. The van der Waals surface area contributed by atoms with Crippen LogP contribution in [0.15, 0.2) is 43.0 Å². The second-order valence-corrected chi connectivity index (χ2v) is 8.40. The van der Waals surface area contributed by atoms with Crippen LogP contribution >= 0.6 is 0 Å². The number of hydrogen-bond donors (Lipinski definition) is 1. The Morgan fingerprint density at radius 3 is 1.92 bits per heavy atom. The summed E-state index contributed by atoms with van der Waals surface area (Å²) < 4.78 is 6.72. The largest absolute Gasteiger partial charge is 0.387 e. The fraction of sp³-hybridized carbons (Fsp3) is 0.500. The molecular formula is C24H34O2. The Labute approximate surface area is 158 Å². The summed E-state index contributed by atoms with van der Waals surface area (Å²) in [5.41, 5.74) is 1.19. The summed E-state index contributed by atoms with van der Waals surface area (Å²) in [6.07, 6.45) is 1.64. The van der Waals surface area contributed by atoms with Gasteiger partial charge in [-0.1, -0.05) is 50.3 Å². The molecule has 2 aromatic carbocycles. The van der Waals surface area contributed by atoms with Crippen molar-refractivity contribution in [2.24, 2.45) is 0 Å². The van der Waals surface area contributed by atoms with Crippen LogP contribution in [0.3, 0.4) is 0 Å². The molecule has 0 spiro atoms. The normalized spacial score (nSPS) is 13.2. The van der Waals surface area contributed by atoms with Gasteiger partial charge in [0.15, 0.2) is 0 Å². The van der Waals surface area contributed by atoms with Gasteiger partial charge in [0.25, 0.3) is 0 Å². The van der Waals surface area contributed by atoms with E-state index >= 15 is 0 Å². The summed E-state index contributed by atoms with van der Waals surface area (Å²) in [6, 6.07) is 12.9. The van der Waals surface area contributed by atoms with Crippen molar-refractivity contribution in [3.63, 3.8) is 0 Å². The van der Waals surface area contributed by atoms with Crippen molar-refractivity contribution < 1.29 is 9.84 Å². The Morgan fingerprint density at radius 1 is 1.00 bits per heavy atom. The molecule has 0 amide bonds. The Bertz CT molecular complexity index is 789. The molecule has 2 nitrogen and oxygen atoms in total. The quantitative estimate of drug-likeness (QED) is 0.619. The maximum Gasteiger partial charge on any atom is 0.0940 e. The summed E-state index contributed by atoms with van der Waals surface area (Å²) >= 11 is 0. The van der Waals surface area contributed by atoms with Crippen LogP contribution in [0.2, 0.25) is 0 Å². The molecule has 2 rings (SSSR count). The number of rotatable bonds is 7. The lowest BCUT2D eigenvalue weighted by Crippen LogP contribution is -2.52. The standard InChI is InChI=1S/C24H34O2/c1-9-24(10-2,26-23(7,8)22(5,6)25)21-16-19-14-12-11-13-18(19)15-20(21)17(3)4/h11-16,25H,3,9-10H2,1-2,4-8H3. The van der Waals surface area contributed by atoms with E-state index in [1.807, 2.05) is 34.6 Å². The number of aliphatic hydroxyl groups is 1. The van der Waals surface area contributed by atoms with Crippen LogP contribution in [0.4, 0.5) is 0 Å². The predicted molar refractivity (Wildman–Crippen MR) is 112 cm³/mol. The summed E-state index contributed by atoms with van der Waals surface area (Å²) in [5.74, 6) is 0. The van der Waals surface area contributed by atoms with Gasteiger partial charge in [-0.2, -0.15) is 0 Å². The fourth-order valence-electron chi connectivity index (χ4n) is 3.41. The van der Waals surface area contributed by atoms with Gasteiger partial charge in [0, 0.05) is 0 Å². The van der Waals surface area contributed by atoms with Gasteiger partial charge >= 0.3 is 0 Å². The highest BCUT2D eigenvalue weighted by atomic mass is 16.5. The average molecular weight is 355 g/mol. The van der Waals surface area contributed by atoms with E-state index in [0.717, 1.165) is 29.5 Å². The smallest absolute Gasteiger partial charge is 0.0940 e. The third kappa shape index (κ3) is 3.72. The monoisotopic (exact) mass is 354 g/mol. The van der Waals surface area contributed by atoms with Crippen LogP contribution in [0.5, 0.6) is 0 Å². The van der Waals surface area contributed by atoms with Gasteiger partial charge in [-0.3, -0.25) is 0 Å². The zero-order valence-corrected chi connectivity index (χ0v) is 17.4. The number of benzene rings is 2. The second-order valence-electron chi connectivity index (χ2n) is 8.40. The molecule has 0 aliphatic heterocycles. The zero-order valence-electron chi connectivity index (χ0n) is 17.4. The third-order valence-electron chi connectivity index (χ3n) is 5.90. The minimum Gasteiger partial charge on any atom is -0.387 e. The molecule has 2 heteroatoms. The van der Waals surface area contributed by atoms with E-state index in [0.29, 0.717) is 0 Å². The first kappa shape index (κ1) is 20.7. The SMILES string of the molecule is C=C(C)c1cc2ccccc2cc1C(CC)(CC)OC(C)(C)C(C)(C)O. The molecule has 0 heterocycles. The number of ether oxygens (including phenoxy) is 1. The summed E-state index contributed by atoms with van der Waals surface area (Å²) in [5, 5.41) is 13.1. The number of fused-ring (bicyclic) bond motifs is 1. The topological polar surface area (TPSA) is 29.5 Å². The molecule has 0 saturated heterocycles. The lowest BCUT2D eigenvalue weighted by Gasteiger charge is -2.46. The highest BCUT2D eigenvalue weighted by molar-refractivity contribution is 5.87. The Morgan fingerprint density at radius 2 is 1.50 bits per heavy atom. The van der Waals surface area contributed by atoms with Crippen LogP contribution in [-0.2, 0) is 10.3 Å². The van der Waals surface area contributed by atoms with E-state index in [9.17, 15) is 5.11 Å². The van der Waals surface area contributed by atoms with Crippen molar-refractivity contribution in [1.29, 1.82) is 0 Å². The predicted octanol–water partition coefficient (Wildman–Crippen LogP) is 6.45. The van der Waals surface area contributed by atoms with Crippen molar-refractivity contribution >= 4 is 16.3 Å². The van der Waals surface area contributed by atoms with Gasteiger partial charge in [0.05, 0.1) is 16.8 Å². The minimum absolute atomic E-state index is 0.484. The minimum atomic E-state index is -0.956. The van der Waals surface area contributed by atoms with Gasteiger partial charge in [0.1, 0.15) is 0 Å². The van der Waals surface area contributed by atoms with E-state index in [1.165, 1.54) is 10.8 Å². The molecule has 142 valence electrons. The lowest BCUT2D eigenvalue weighted by molar-refractivity contribution is -0.221. The molecule has 2 aromatic rings. The van der Waals surface area contributed by atoms with Crippen molar-refractivity contribution in [2.45, 2.75) is 78.1 Å². The van der Waals surface area contributed by atoms with E-state index in [-0.39, 0.29) is 0 Å². The second kappa shape index (κ2) is 7.17. The fourth-order valence-corrected chi connectivity index (χ4v) is 3.41. The van der Waals surface area contributed by atoms with Gasteiger partial charge in [0.2, 0.25) is 0 Å². The molecule has 1 N–H and O–H groups in total. The Balaban J connectivity index is 2.73. The molecule has 0 saturated carbocycles. The molecule has 0 atom stereocenters. The summed E-state index contributed by atoms with van der Waals surface area (Å²) in [7, 11) is 0. The highest BCUT2D eigenvalue weighted by Crippen LogP contribution is 2.44. The molecule has 0 unspecified atom stereocenters. The molecule has 26 heavy (non-hydrogen) atoms. The van der Waals surface area contributed by atoms with Gasteiger partial charge in [-0.05, 0) is 81.5 Å². The number of hydrogen-bond acceptors (Lipinski definition) is 2. The van der Waals surface area contributed by atoms with Gasteiger partial charge < -0.3 is 9.84 Å². The molecule has 0 aliphatic carbocycles. The first-order valence-corrected chi connectivity index (χ1v) is 9.59. The Hall–Kier alpha value is -1.64. The molecule has 0 fully saturated rings. The van der Waals surface area contributed by atoms with Gasteiger partial charge in [-0.15, -0.1) is 0 Å². The van der Waals surface area contributed by atoms with Crippen molar-refractivity contribution in [3.8, 4) is 0 Å². The summed E-state index contributed by atoms with van der Waals surface area (Å²) in [4.78, 5) is 0. The van der Waals surface area contributed by atoms with Crippen molar-refractivity contribution in [1.82, 2.24) is 0 Å². The summed E-state index contributed by atoms with van der Waals surface area (Å²) in [6.45, 7) is 18.1. The molecular weight excluding hydrogens is 320 g/mol. The molecule has 0 aromatic heterocycles. The van der Waals surface area contributed by atoms with E-state index < -0.39 is 16.8 Å². The maximum atomic E-state index is 10.7. The first-order valence-electron chi connectivity index (χ1n) is 9.59. The number of allylic oxidation sites excluding steroid dienone is 1. The van der Waals surface area contributed by atoms with Crippen LogP contribution < -0.4 is 0 Å². The van der Waals surface area contributed by atoms with E-state index in [2.05, 4.69) is 56.8 Å². The van der Waals surface area contributed by atoms with Gasteiger partial charge in [-0.25, -0.2) is 0 Å². The third-order valence-corrected chi connectivity index (χ3v) is 5.90. The van der Waals surface area contributed by atoms with E-state index in [1.54, 1.807) is 0 Å². The van der Waals surface area contributed by atoms with Crippen molar-refractivity contribution in [2.75, 3.05) is 0 Å². The molecule has 0 aliphatic rings.